The third kappa shape index (κ3) is 2.61. The minimum absolute atomic E-state index is 0.0143. The molecule has 0 spiro atoms. The first-order chi connectivity index (χ1) is 7.93. The lowest BCUT2D eigenvalue weighted by Gasteiger charge is -2.27. The van der Waals surface area contributed by atoms with Gasteiger partial charge >= 0.3 is 0 Å². The molecule has 0 N–H and O–H groups in total. The van der Waals surface area contributed by atoms with Crippen molar-refractivity contribution in [1.82, 2.24) is 4.90 Å². The van der Waals surface area contributed by atoms with Gasteiger partial charge in [0.25, 0.3) is 0 Å². The first-order valence-corrected chi connectivity index (χ1v) is 5.77. The molecule has 0 aliphatic carbocycles. The van der Waals surface area contributed by atoms with E-state index < -0.39 is 0 Å². The van der Waals surface area contributed by atoms with Crippen LogP contribution in [-0.2, 0) is 4.74 Å². The topological polar surface area (TPSA) is 21.7 Å². The van der Waals surface area contributed by atoms with Gasteiger partial charge in [-0.05, 0) is 57.6 Å². The highest BCUT2D eigenvalue weighted by atomic mass is 16.5. The number of rotatable bonds is 4. The summed E-state index contributed by atoms with van der Waals surface area (Å²) >= 11 is 0. The number of hydrogen-bond donors (Lipinski definition) is 0. The highest BCUT2D eigenvalue weighted by Gasteiger charge is 2.20. The summed E-state index contributed by atoms with van der Waals surface area (Å²) < 4.78 is 11.0. The minimum atomic E-state index is -0.0143. The molecule has 3 heteroatoms. The van der Waals surface area contributed by atoms with Gasteiger partial charge in [0.05, 0.1) is 7.11 Å². The van der Waals surface area contributed by atoms with Crippen molar-refractivity contribution in [1.29, 1.82) is 0 Å². The van der Waals surface area contributed by atoms with E-state index in [-0.39, 0.29) is 6.23 Å². The van der Waals surface area contributed by atoms with Crippen LogP contribution < -0.4 is 4.74 Å². The van der Waals surface area contributed by atoms with Crippen LogP contribution in [0.5, 0.6) is 5.75 Å². The van der Waals surface area contributed by atoms with Crippen molar-refractivity contribution in [2.75, 3.05) is 28.3 Å². The fourth-order valence-electron chi connectivity index (χ4n) is 2.24. The van der Waals surface area contributed by atoms with E-state index in [9.17, 15) is 0 Å². The highest BCUT2D eigenvalue weighted by Crippen LogP contribution is 2.33. The second-order valence-electron chi connectivity index (χ2n) is 4.61. The molecular weight excluding hydrogens is 214 g/mol. The molecule has 1 rings (SSSR count). The fraction of sp³-hybridized carbons (Fsp3) is 0.571. The van der Waals surface area contributed by atoms with Crippen molar-refractivity contribution < 1.29 is 9.47 Å². The summed E-state index contributed by atoms with van der Waals surface area (Å²) in [5, 5.41) is 0. The van der Waals surface area contributed by atoms with Gasteiger partial charge in [-0.3, -0.25) is 4.90 Å². The molecule has 1 aromatic rings. The predicted octanol–water partition coefficient (Wildman–Crippen LogP) is 2.83. The maximum Gasteiger partial charge on any atom is 0.136 e. The first kappa shape index (κ1) is 14.0. The molecule has 96 valence electrons. The number of ether oxygens (including phenoxy) is 2. The third-order valence-electron chi connectivity index (χ3n) is 3.27. The summed E-state index contributed by atoms with van der Waals surface area (Å²) in [4.78, 5) is 2.07. The summed E-state index contributed by atoms with van der Waals surface area (Å²) in [6.45, 7) is 6.30. The summed E-state index contributed by atoms with van der Waals surface area (Å²) in [6, 6.07) is 2.08. The molecule has 0 radical (unpaired) electrons. The third-order valence-corrected chi connectivity index (χ3v) is 3.27. The Labute approximate surface area is 104 Å². The Hall–Kier alpha value is -1.06. The highest BCUT2D eigenvalue weighted by molar-refractivity contribution is 5.48. The second-order valence-corrected chi connectivity index (χ2v) is 4.61. The van der Waals surface area contributed by atoms with Gasteiger partial charge in [0.15, 0.2) is 0 Å². The van der Waals surface area contributed by atoms with Gasteiger partial charge in [-0.2, -0.15) is 0 Å². The molecule has 0 amide bonds. The Bertz CT molecular complexity index is 400. The van der Waals surface area contributed by atoms with Crippen molar-refractivity contribution in [2.45, 2.75) is 27.0 Å². The summed E-state index contributed by atoms with van der Waals surface area (Å²) in [5.74, 6) is 0.942. The van der Waals surface area contributed by atoms with Gasteiger partial charge in [0.2, 0.25) is 0 Å². The zero-order chi connectivity index (χ0) is 13.2. The Morgan fingerprint density at radius 1 is 1.06 bits per heavy atom. The Morgan fingerprint density at radius 3 is 2.06 bits per heavy atom. The van der Waals surface area contributed by atoms with Gasteiger partial charge in [-0.1, -0.05) is 0 Å². The van der Waals surface area contributed by atoms with Crippen molar-refractivity contribution in [2.24, 2.45) is 0 Å². The van der Waals surface area contributed by atoms with Gasteiger partial charge in [0.1, 0.15) is 12.0 Å². The monoisotopic (exact) mass is 237 g/mol. The van der Waals surface area contributed by atoms with E-state index in [1.54, 1.807) is 14.2 Å². The Kier molecular flexibility index (Phi) is 4.54. The standard InChI is InChI=1S/C14H23NO2/c1-9-8-12(16-6)10(2)11(3)13(9)14(17-7)15(4)5/h8,14H,1-7H3. The maximum atomic E-state index is 5.57. The summed E-state index contributed by atoms with van der Waals surface area (Å²) in [7, 11) is 7.49. The molecule has 0 aliphatic rings. The van der Waals surface area contributed by atoms with E-state index in [4.69, 9.17) is 9.47 Å². The van der Waals surface area contributed by atoms with Crippen molar-refractivity contribution >= 4 is 0 Å². The van der Waals surface area contributed by atoms with Crippen LogP contribution in [0.25, 0.3) is 0 Å². The van der Waals surface area contributed by atoms with Gasteiger partial charge < -0.3 is 9.47 Å². The first-order valence-electron chi connectivity index (χ1n) is 5.77. The number of methoxy groups -OCH3 is 2. The van der Waals surface area contributed by atoms with Crippen LogP contribution in [0.4, 0.5) is 0 Å². The van der Waals surface area contributed by atoms with E-state index in [1.807, 2.05) is 14.1 Å². The normalized spacial score (nSPS) is 12.9. The van der Waals surface area contributed by atoms with Crippen LogP contribution in [-0.4, -0.2) is 33.2 Å². The molecule has 0 fully saturated rings. The van der Waals surface area contributed by atoms with Gasteiger partial charge in [-0.25, -0.2) is 0 Å². The van der Waals surface area contributed by atoms with Crippen LogP contribution in [0.1, 0.15) is 28.5 Å². The molecule has 1 unspecified atom stereocenters. The fourth-order valence-corrected chi connectivity index (χ4v) is 2.24. The molecule has 17 heavy (non-hydrogen) atoms. The summed E-state index contributed by atoms with van der Waals surface area (Å²) in [6.07, 6.45) is -0.0143. The largest absolute Gasteiger partial charge is 0.496 e. The predicted molar refractivity (Wildman–Crippen MR) is 70.6 cm³/mol. The van der Waals surface area contributed by atoms with Gasteiger partial charge in [0, 0.05) is 12.7 Å². The molecule has 3 nitrogen and oxygen atoms in total. The van der Waals surface area contributed by atoms with Crippen LogP contribution >= 0.6 is 0 Å². The summed E-state index contributed by atoms with van der Waals surface area (Å²) in [5.41, 5.74) is 4.85. The lowest BCUT2D eigenvalue weighted by Crippen LogP contribution is -2.23. The van der Waals surface area contributed by atoms with E-state index in [2.05, 4.69) is 31.7 Å². The molecule has 0 bridgehead atoms. The van der Waals surface area contributed by atoms with Crippen LogP contribution in [0.3, 0.4) is 0 Å². The van der Waals surface area contributed by atoms with Crippen molar-refractivity contribution in [3.63, 3.8) is 0 Å². The zero-order valence-electron chi connectivity index (χ0n) is 11.9. The van der Waals surface area contributed by atoms with E-state index in [0.29, 0.717) is 0 Å². The maximum absolute atomic E-state index is 5.57. The second kappa shape index (κ2) is 5.52. The Morgan fingerprint density at radius 2 is 1.65 bits per heavy atom. The number of benzene rings is 1. The van der Waals surface area contributed by atoms with E-state index in [1.165, 1.54) is 22.3 Å². The minimum Gasteiger partial charge on any atom is -0.496 e. The quantitative estimate of drug-likeness (QED) is 0.752. The van der Waals surface area contributed by atoms with Crippen LogP contribution in [0, 0.1) is 20.8 Å². The lowest BCUT2D eigenvalue weighted by atomic mass is 9.96. The van der Waals surface area contributed by atoms with E-state index >= 15 is 0 Å². The van der Waals surface area contributed by atoms with Gasteiger partial charge in [-0.15, -0.1) is 0 Å². The van der Waals surface area contributed by atoms with E-state index in [0.717, 1.165) is 5.75 Å². The van der Waals surface area contributed by atoms with Crippen molar-refractivity contribution in [3.8, 4) is 5.75 Å². The van der Waals surface area contributed by atoms with Crippen LogP contribution in [0.2, 0.25) is 0 Å². The van der Waals surface area contributed by atoms with Crippen molar-refractivity contribution in [3.05, 3.63) is 28.3 Å². The molecule has 0 heterocycles. The molecule has 0 saturated heterocycles. The average Bonchev–Trinajstić information content (AvgIpc) is 2.28. The molecule has 1 atom stereocenters. The van der Waals surface area contributed by atoms with Crippen LogP contribution in [0.15, 0.2) is 6.07 Å². The number of nitrogens with zero attached hydrogens (tertiary/aromatic N) is 1. The zero-order valence-corrected chi connectivity index (χ0v) is 11.9. The molecule has 0 aliphatic heterocycles. The number of hydrogen-bond acceptors (Lipinski definition) is 3. The lowest BCUT2D eigenvalue weighted by molar-refractivity contribution is -0.00636. The molecule has 1 aromatic carbocycles. The number of aryl methyl sites for hydroxylation is 1. The SMILES string of the molecule is COc1cc(C)c(C(OC)N(C)C)c(C)c1C. The molecular formula is C14H23NO2. The Balaban J connectivity index is 3.38. The molecule has 0 saturated carbocycles. The average molecular weight is 237 g/mol. The molecule has 0 aromatic heterocycles. The smallest absolute Gasteiger partial charge is 0.136 e.